The van der Waals surface area contributed by atoms with Crippen LogP contribution in [0.5, 0.6) is 0 Å². The van der Waals surface area contributed by atoms with E-state index in [1.165, 1.54) is 18.2 Å². The molecular weight excluding hydrogens is 263 g/mol. The first-order valence-corrected chi connectivity index (χ1v) is 5.55. The molecule has 1 aromatic rings. The summed E-state index contributed by atoms with van der Waals surface area (Å²) in [4.78, 5) is 11.2. The molecule has 2 N–H and O–H groups in total. The lowest BCUT2D eigenvalue weighted by Crippen LogP contribution is -2.33. The largest absolute Gasteiger partial charge is 0.401 e. The molecule has 0 spiro atoms. The molecule has 5 nitrogen and oxygen atoms in total. The minimum absolute atomic E-state index is 0.00683. The number of anilines is 1. The summed E-state index contributed by atoms with van der Waals surface area (Å²) >= 11 is 0. The van der Waals surface area contributed by atoms with Crippen molar-refractivity contribution in [1.29, 1.82) is 0 Å². The van der Waals surface area contributed by atoms with Gasteiger partial charge in [-0.3, -0.25) is 15.0 Å². The van der Waals surface area contributed by atoms with Crippen LogP contribution in [0.3, 0.4) is 0 Å². The van der Waals surface area contributed by atoms with Crippen LogP contribution in [0.15, 0.2) is 18.2 Å². The average molecular weight is 277 g/mol. The van der Waals surface area contributed by atoms with E-state index in [0.717, 1.165) is 4.90 Å². The Bertz CT molecular complexity index is 463. The summed E-state index contributed by atoms with van der Waals surface area (Å²) in [5.41, 5.74) is 5.55. The second kappa shape index (κ2) is 5.87. The minimum Gasteiger partial charge on any atom is -0.393 e. The van der Waals surface area contributed by atoms with E-state index in [0.29, 0.717) is 5.56 Å². The van der Waals surface area contributed by atoms with Crippen LogP contribution in [0.2, 0.25) is 0 Å². The summed E-state index contributed by atoms with van der Waals surface area (Å²) in [6.45, 7) is 0.716. The third-order valence-corrected chi connectivity index (χ3v) is 2.55. The number of nitro benzene ring substituents is 1. The summed E-state index contributed by atoms with van der Waals surface area (Å²) in [5, 5.41) is 10.7. The van der Waals surface area contributed by atoms with Crippen LogP contribution in [-0.4, -0.2) is 29.1 Å². The van der Waals surface area contributed by atoms with Crippen LogP contribution >= 0.6 is 0 Å². The Labute approximate surface area is 108 Å². The molecule has 0 aliphatic carbocycles. The first-order chi connectivity index (χ1) is 8.73. The van der Waals surface area contributed by atoms with E-state index in [2.05, 4.69) is 0 Å². The molecule has 0 fully saturated rings. The van der Waals surface area contributed by atoms with Crippen molar-refractivity contribution in [3.05, 3.63) is 33.9 Å². The number of alkyl halides is 3. The molecule has 0 atom stereocenters. The van der Waals surface area contributed by atoms with Crippen molar-refractivity contribution >= 4 is 11.4 Å². The molecule has 106 valence electrons. The molecule has 0 aromatic heterocycles. The van der Waals surface area contributed by atoms with E-state index in [1.54, 1.807) is 6.92 Å². The number of nitro groups is 1. The van der Waals surface area contributed by atoms with Gasteiger partial charge in [0.1, 0.15) is 5.69 Å². The molecule has 0 saturated heterocycles. The van der Waals surface area contributed by atoms with E-state index in [-0.39, 0.29) is 24.5 Å². The van der Waals surface area contributed by atoms with Gasteiger partial charge in [0.15, 0.2) is 0 Å². The van der Waals surface area contributed by atoms with Gasteiger partial charge >= 0.3 is 6.18 Å². The second-order valence-electron chi connectivity index (χ2n) is 4.07. The van der Waals surface area contributed by atoms with Crippen molar-refractivity contribution in [1.82, 2.24) is 4.90 Å². The summed E-state index contributed by atoms with van der Waals surface area (Å²) in [6, 6.07) is 4.02. The monoisotopic (exact) mass is 277 g/mol. The molecule has 8 heteroatoms. The van der Waals surface area contributed by atoms with Gasteiger partial charge in [-0.1, -0.05) is 13.0 Å². The number of nitrogens with zero attached hydrogens (tertiary/aromatic N) is 2. The fourth-order valence-corrected chi connectivity index (χ4v) is 1.64. The predicted molar refractivity (Wildman–Crippen MR) is 64.5 cm³/mol. The molecule has 0 unspecified atom stereocenters. The highest BCUT2D eigenvalue weighted by Crippen LogP contribution is 2.24. The van der Waals surface area contributed by atoms with Crippen LogP contribution < -0.4 is 5.73 Å². The van der Waals surface area contributed by atoms with Gasteiger partial charge in [-0.25, -0.2) is 0 Å². The fourth-order valence-electron chi connectivity index (χ4n) is 1.64. The zero-order chi connectivity index (χ0) is 14.6. The fraction of sp³-hybridized carbons (Fsp3) is 0.455. The van der Waals surface area contributed by atoms with Gasteiger partial charge in [0, 0.05) is 12.6 Å². The summed E-state index contributed by atoms with van der Waals surface area (Å²) in [7, 11) is 0. The molecule has 19 heavy (non-hydrogen) atoms. The molecule has 0 heterocycles. The zero-order valence-corrected chi connectivity index (χ0v) is 10.3. The lowest BCUT2D eigenvalue weighted by atomic mass is 10.1. The third kappa shape index (κ3) is 4.74. The maximum absolute atomic E-state index is 12.3. The van der Waals surface area contributed by atoms with Crippen molar-refractivity contribution in [2.24, 2.45) is 0 Å². The van der Waals surface area contributed by atoms with Gasteiger partial charge in [-0.15, -0.1) is 0 Å². The van der Waals surface area contributed by atoms with E-state index >= 15 is 0 Å². The second-order valence-corrected chi connectivity index (χ2v) is 4.07. The molecular formula is C11H14F3N3O2. The van der Waals surface area contributed by atoms with Gasteiger partial charge in [0.05, 0.1) is 11.5 Å². The van der Waals surface area contributed by atoms with E-state index in [1.807, 2.05) is 0 Å². The van der Waals surface area contributed by atoms with Gasteiger partial charge in [0.2, 0.25) is 0 Å². The Balaban J connectivity index is 2.86. The summed E-state index contributed by atoms with van der Waals surface area (Å²) in [5.74, 6) is 0. The van der Waals surface area contributed by atoms with Crippen LogP contribution in [0.1, 0.15) is 12.5 Å². The van der Waals surface area contributed by atoms with Crippen molar-refractivity contribution in [2.75, 3.05) is 18.8 Å². The maximum atomic E-state index is 12.3. The Morgan fingerprint density at radius 1 is 1.42 bits per heavy atom. The van der Waals surface area contributed by atoms with Crippen molar-refractivity contribution in [2.45, 2.75) is 19.6 Å². The first-order valence-electron chi connectivity index (χ1n) is 5.55. The average Bonchev–Trinajstić information content (AvgIpc) is 2.28. The Morgan fingerprint density at radius 2 is 2.05 bits per heavy atom. The van der Waals surface area contributed by atoms with E-state index < -0.39 is 17.6 Å². The molecule has 1 aromatic carbocycles. The van der Waals surface area contributed by atoms with Crippen molar-refractivity contribution in [3.8, 4) is 0 Å². The Morgan fingerprint density at radius 3 is 2.53 bits per heavy atom. The molecule has 0 aliphatic heterocycles. The van der Waals surface area contributed by atoms with Crippen molar-refractivity contribution < 1.29 is 18.1 Å². The SMILES string of the molecule is CCN(Cc1ccc(N)c([N+](=O)[O-])c1)CC(F)(F)F. The van der Waals surface area contributed by atoms with Crippen LogP contribution in [-0.2, 0) is 6.54 Å². The standard InChI is InChI=1S/C11H14F3N3O2/c1-2-16(7-11(12,13)14)6-8-3-4-9(15)10(5-8)17(18)19/h3-5H,2,6-7,15H2,1H3. The van der Waals surface area contributed by atoms with Gasteiger partial charge in [-0.05, 0) is 18.2 Å². The van der Waals surface area contributed by atoms with Crippen LogP contribution in [0.4, 0.5) is 24.5 Å². The quantitative estimate of drug-likeness (QED) is 0.510. The van der Waals surface area contributed by atoms with Gasteiger partial charge in [-0.2, -0.15) is 13.2 Å². The van der Waals surface area contributed by atoms with E-state index in [4.69, 9.17) is 5.73 Å². The number of rotatable bonds is 5. The summed E-state index contributed by atoms with van der Waals surface area (Å²) < 4.78 is 36.9. The first kappa shape index (κ1) is 15.2. The molecule has 1 rings (SSSR count). The number of hydrogen-bond donors (Lipinski definition) is 1. The summed E-state index contributed by atoms with van der Waals surface area (Å²) in [6.07, 6.45) is -4.30. The van der Waals surface area contributed by atoms with Crippen LogP contribution in [0, 0.1) is 10.1 Å². The molecule has 0 amide bonds. The normalized spacial score (nSPS) is 11.8. The van der Waals surface area contributed by atoms with Gasteiger partial charge < -0.3 is 5.73 Å². The zero-order valence-electron chi connectivity index (χ0n) is 10.3. The molecule has 0 radical (unpaired) electrons. The number of halogens is 3. The lowest BCUT2D eigenvalue weighted by molar-refractivity contribution is -0.384. The smallest absolute Gasteiger partial charge is 0.393 e. The molecule has 0 saturated carbocycles. The lowest BCUT2D eigenvalue weighted by Gasteiger charge is -2.21. The predicted octanol–water partition coefficient (Wildman–Crippen LogP) is 2.56. The minimum atomic E-state index is -4.30. The van der Waals surface area contributed by atoms with Crippen molar-refractivity contribution in [3.63, 3.8) is 0 Å². The molecule has 0 bridgehead atoms. The number of benzene rings is 1. The van der Waals surface area contributed by atoms with Crippen LogP contribution in [0.25, 0.3) is 0 Å². The van der Waals surface area contributed by atoms with E-state index in [9.17, 15) is 23.3 Å². The topological polar surface area (TPSA) is 72.4 Å². The Kier molecular flexibility index (Phi) is 4.71. The Hall–Kier alpha value is -1.83. The third-order valence-electron chi connectivity index (χ3n) is 2.55. The molecule has 0 aliphatic rings. The number of nitrogen functional groups attached to an aromatic ring is 1. The van der Waals surface area contributed by atoms with Gasteiger partial charge in [0.25, 0.3) is 5.69 Å². The highest BCUT2D eigenvalue weighted by molar-refractivity contribution is 5.59. The number of hydrogen-bond acceptors (Lipinski definition) is 4. The number of nitrogens with two attached hydrogens (primary N) is 1. The highest BCUT2D eigenvalue weighted by atomic mass is 19.4. The highest BCUT2D eigenvalue weighted by Gasteiger charge is 2.30. The maximum Gasteiger partial charge on any atom is 0.401 e.